The van der Waals surface area contributed by atoms with Crippen LogP contribution in [0.1, 0.15) is 111 Å². The topological polar surface area (TPSA) is 214 Å². The molecule has 0 radical (unpaired) electrons. The van der Waals surface area contributed by atoms with Crippen LogP contribution in [0.5, 0.6) is 23.3 Å². The van der Waals surface area contributed by atoms with Crippen LogP contribution in [-0.4, -0.2) is 121 Å². The predicted molar refractivity (Wildman–Crippen MR) is 294 cm³/mol. The van der Waals surface area contributed by atoms with E-state index in [2.05, 4.69) is 82.8 Å². The first kappa shape index (κ1) is 54.7. The Morgan fingerprint density at radius 2 is 1.72 bits per heavy atom. The molecule has 6 heterocycles. The fourth-order valence-corrected chi connectivity index (χ4v) is 13.0. The molecule has 0 unspecified atom stereocenters. The number of ether oxygens (including phenoxy) is 3. The van der Waals surface area contributed by atoms with E-state index in [4.69, 9.17) is 14.2 Å². The zero-order chi connectivity index (χ0) is 55.1. The number of fused-ring (bicyclic) bond motifs is 1. The van der Waals surface area contributed by atoms with Gasteiger partial charge in [0.15, 0.2) is 5.75 Å². The fraction of sp³-hybridized carbons (Fsp3) is 0.474. The number of aromatic amines is 1. The minimum Gasteiger partial charge on any atom is -0.758 e. The van der Waals surface area contributed by atoms with Crippen LogP contribution in [0.2, 0.25) is 0 Å². The van der Waals surface area contributed by atoms with Crippen molar-refractivity contribution in [2.45, 2.75) is 107 Å². The van der Waals surface area contributed by atoms with Gasteiger partial charge in [-0.15, -0.1) is 0 Å². The molecule has 2 saturated carbocycles. The van der Waals surface area contributed by atoms with E-state index in [0.717, 1.165) is 87.9 Å². The largest absolute Gasteiger partial charge is 0.758 e. The second kappa shape index (κ2) is 22.2. The lowest BCUT2D eigenvalue weighted by molar-refractivity contribution is -0.0628. The molecule has 2 saturated heterocycles. The molecular weight excluding hydrogens is 1020 g/mol. The van der Waals surface area contributed by atoms with E-state index in [1.54, 1.807) is 18.2 Å². The average Bonchev–Trinajstić information content (AvgIpc) is 3.83. The number of halogens is 2. The van der Waals surface area contributed by atoms with Crippen molar-refractivity contribution in [3.63, 3.8) is 0 Å². The van der Waals surface area contributed by atoms with Gasteiger partial charge in [0.2, 0.25) is 11.8 Å². The van der Waals surface area contributed by atoms with Gasteiger partial charge < -0.3 is 44.8 Å². The van der Waals surface area contributed by atoms with Gasteiger partial charge in [-0.3, -0.25) is 14.6 Å². The first-order valence-electron chi connectivity index (χ1n) is 26.8. The number of benzene rings is 2. The molecule has 0 bridgehead atoms. The molecule has 4 aromatic heterocycles. The van der Waals surface area contributed by atoms with Crippen LogP contribution in [0.4, 0.5) is 26.0 Å². The molecule has 18 nitrogen and oxygen atoms in total. The molecule has 1 atom stereocenters. The molecule has 6 aromatic rings. The molecule has 10 rings (SSSR count). The number of anilines is 3. The quantitative estimate of drug-likeness (QED) is 0.0495. The number of hydrogen-bond donors (Lipinski definition) is 4. The SMILES string of the molecule is COc1cc(CN2CCN(C3CC4(CCN(c5ccc(C(=O)NS(=O)(=O)c6cnc(NCC7CCC(C)(O)CC7)c(N(C)[O-])c6)c(Oc6cc7c(F)c[nH]c7nc6OC)c5)CC4)C3)[C@H](c3ccccc3C(C)C)C2)cc(F)n1. The maximum absolute atomic E-state index is 14.9. The maximum atomic E-state index is 14.9. The van der Waals surface area contributed by atoms with Gasteiger partial charge in [-0.05, 0) is 124 Å². The summed E-state index contributed by atoms with van der Waals surface area (Å²) in [5.74, 6) is -1.19. The number of carbonyl (C=O) groups is 1. The number of amides is 1. The van der Waals surface area contributed by atoms with Crippen molar-refractivity contribution in [1.82, 2.24) is 34.5 Å². The lowest BCUT2D eigenvalue weighted by atomic mass is 9.59. The highest BCUT2D eigenvalue weighted by atomic mass is 32.2. The Morgan fingerprint density at radius 1 is 0.962 bits per heavy atom. The number of H-pyrrole nitrogens is 1. The third-order valence-corrected chi connectivity index (χ3v) is 17.9. The number of nitrogens with one attached hydrogen (secondary N) is 3. The number of aromatic nitrogens is 4. The Balaban J connectivity index is 0.857. The van der Waals surface area contributed by atoms with Crippen molar-refractivity contribution in [2.75, 3.05) is 75.8 Å². The smallest absolute Gasteiger partial charge is 0.268 e. The Hall–Kier alpha value is -6.65. The highest BCUT2D eigenvalue weighted by Crippen LogP contribution is 2.53. The highest BCUT2D eigenvalue weighted by molar-refractivity contribution is 7.90. The van der Waals surface area contributed by atoms with E-state index in [1.165, 1.54) is 50.6 Å². The standard InChI is InChI=1S/C57H69F2N10O8S/c1-35(2)41-9-7-8-10-42(41)47-34-67(33-37-23-50(59)63-51(24-37)75-5)21-22-69(47)39-28-57(29-39)17-19-68(20-18-57)38-11-12-43(48(25-38)77-49-27-44-45(58)32-62-52(44)64-55(49)76-6)54(70)65-78(73,74)40-26-46(66(4)72)53(61-31-40)60-30-36-13-15-56(3,71)16-14-36/h7-12,23-27,31-32,35-36,39,47,71H,13-22,28-30,33-34H2,1-6H3,(H,60,61)(H,62,64)(H,65,70)/q-1/t36?,47-,56?/m0/s1. The minimum absolute atomic E-state index is 0.00118. The van der Waals surface area contributed by atoms with E-state index in [1.807, 2.05) is 6.92 Å². The van der Waals surface area contributed by atoms with Gasteiger partial charge in [0, 0.05) is 94.2 Å². The maximum Gasteiger partial charge on any atom is 0.268 e. The van der Waals surface area contributed by atoms with E-state index < -0.39 is 38.2 Å². The molecule has 1 spiro atoms. The van der Waals surface area contributed by atoms with Crippen LogP contribution in [0.3, 0.4) is 0 Å². The van der Waals surface area contributed by atoms with Crippen molar-refractivity contribution >= 4 is 44.2 Å². The van der Waals surface area contributed by atoms with E-state index in [0.29, 0.717) is 56.0 Å². The number of sulfonamides is 1. The van der Waals surface area contributed by atoms with Crippen molar-refractivity contribution in [3.8, 4) is 23.3 Å². The summed E-state index contributed by atoms with van der Waals surface area (Å²) in [5.41, 5.74) is 3.68. The van der Waals surface area contributed by atoms with Gasteiger partial charge in [0.05, 0.1) is 36.5 Å². The summed E-state index contributed by atoms with van der Waals surface area (Å²) in [6, 6.07) is 20.0. The summed E-state index contributed by atoms with van der Waals surface area (Å²) >= 11 is 0. The number of rotatable bonds is 17. The van der Waals surface area contributed by atoms with Gasteiger partial charge in [-0.1, -0.05) is 38.1 Å². The Labute approximate surface area is 454 Å². The molecule has 21 heteroatoms. The summed E-state index contributed by atoms with van der Waals surface area (Å²) in [6.07, 6.45) is 9.05. The monoisotopic (exact) mass is 1090 g/mol. The van der Waals surface area contributed by atoms with E-state index >= 15 is 0 Å². The summed E-state index contributed by atoms with van der Waals surface area (Å²) in [7, 11) is -0.515. The van der Waals surface area contributed by atoms with Crippen LogP contribution in [0, 0.1) is 28.3 Å². The lowest BCUT2D eigenvalue weighted by Crippen LogP contribution is -2.60. The first-order valence-corrected chi connectivity index (χ1v) is 28.3. The van der Waals surface area contributed by atoms with Gasteiger partial charge >= 0.3 is 0 Å². The number of piperazine rings is 1. The lowest BCUT2D eigenvalue weighted by Gasteiger charge is -2.58. The van der Waals surface area contributed by atoms with E-state index in [9.17, 15) is 32.3 Å². The number of methoxy groups -OCH3 is 2. The van der Waals surface area contributed by atoms with Crippen molar-refractivity contribution in [1.29, 1.82) is 0 Å². The van der Waals surface area contributed by atoms with Crippen LogP contribution >= 0.6 is 0 Å². The Kier molecular flexibility index (Phi) is 15.6. The molecule has 4 aliphatic rings. The van der Waals surface area contributed by atoms with Gasteiger partial charge in [-0.25, -0.2) is 22.5 Å². The number of hydrogen-bond acceptors (Lipinski definition) is 16. The predicted octanol–water partition coefficient (Wildman–Crippen LogP) is 9.28. The highest BCUT2D eigenvalue weighted by Gasteiger charge is 2.50. The zero-order valence-corrected chi connectivity index (χ0v) is 45.8. The van der Waals surface area contributed by atoms with Gasteiger partial charge in [0.25, 0.3) is 21.8 Å². The normalized spacial score (nSPS) is 21.1. The van der Waals surface area contributed by atoms with Crippen molar-refractivity contribution in [3.05, 3.63) is 118 Å². The summed E-state index contributed by atoms with van der Waals surface area (Å²) in [4.78, 5) is 36.5. The summed E-state index contributed by atoms with van der Waals surface area (Å²) < 4.78 is 76.8. The van der Waals surface area contributed by atoms with Crippen molar-refractivity contribution in [2.24, 2.45) is 11.3 Å². The number of piperidine rings is 1. The van der Waals surface area contributed by atoms with Crippen LogP contribution < -0.4 is 34.2 Å². The number of aliphatic hydroxyl groups is 1. The minimum atomic E-state index is -4.62. The summed E-state index contributed by atoms with van der Waals surface area (Å²) in [6.45, 7) is 11.3. The van der Waals surface area contributed by atoms with Crippen LogP contribution in [0.25, 0.3) is 11.0 Å². The van der Waals surface area contributed by atoms with Crippen molar-refractivity contribution < 1.29 is 41.3 Å². The molecule has 416 valence electrons. The third kappa shape index (κ3) is 11.7. The molecular formula is C57H69F2N10O8S-. The number of hydroxylamine groups is 1. The van der Waals surface area contributed by atoms with Crippen LogP contribution in [-0.2, 0) is 16.6 Å². The molecule has 2 aliphatic carbocycles. The molecule has 1 amide bonds. The second-order valence-corrected chi connectivity index (χ2v) is 23.9. The second-order valence-electron chi connectivity index (χ2n) is 22.3. The Morgan fingerprint density at radius 3 is 2.44 bits per heavy atom. The number of nitrogens with zero attached hydrogens (tertiary/aromatic N) is 7. The fourth-order valence-electron chi connectivity index (χ4n) is 12.1. The van der Waals surface area contributed by atoms with Gasteiger partial charge in [-0.2, -0.15) is 14.4 Å². The number of pyridine rings is 3. The Bertz CT molecular complexity index is 3260. The third-order valence-electron chi connectivity index (χ3n) is 16.6. The molecule has 4 N–H and O–H groups in total. The molecule has 2 aliphatic heterocycles. The number of carbonyl (C=O) groups excluding carboxylic acids is 1. The van der Waals surface area contributed by atoms with E-state index in [-0.39, 0.29) is 68.7 Å². The summed E-state index contributed by atoms with van der Waals surface area (Å²) in [5, 5.41) is 27.0. The molecule has 2 aromatic carbocycles. The average molecular weight is 1090 g/mol. The molecule has 4 fully saturated rings. The zero-order valence-electron chi connectivity index (χ0n) is 45.0. The molecule has 78 heavy (non-hydrogen) atoms. The van der Waals surface area contributed by atoms with Crippen LogP contribution in [0.15, 0.2) is 84.0 Å². The van der Waals surface area contributed by atoms with Gasteiger partial charge in [0.1, 0.15) is 27.9 Å². The first-order chi connectivity index (χ1) is 37.3.